The number of aryl methyl sites for hydroxylation is 2. The van der Waals surface area contributed by atoms with Crippen molar-refractivity contribution in [3.05, 3.63) is 101 Å². The number of nitrogens with zero attached hydrogens (tertiary/aromatic N) is 2. The average Bonchev–Trinajstić information content (AvgIpc) is 3.12. The molecule has 0 aliphatic heterocycles. The predicted octanol–water partition coefficient (Wildman–Crippen LogP) is 5.55. The molecule has 0 aliphatic carbocycles. The van der Waals surface area contributed by atoms with Crippen LogP contribution in [-0.2, 0) is 0 Å². The Labute approximate surface area is 168 Å². The summed E-state index contributed by atoms with van der Waals surface area (Å²) in [6, 6.07) is 23.5. The molecule has 1 N–H and O–H groups in total. The largest absolute Gasteiger partial charge is 0.306 e. The molecule has 0 fully saturated rings. The highest BCUT2D eigenvalue weighted by atomic mass is 19.1. The molecule has 29 heavy (non-hydrogen) atoms. The minimum atomic E-state index is -0.564. The zero-order chi connectivity index (χ0) is 20.4. The maximum atomic E-state index is 14.1. The molecule has 0 bridgehead atoms. The van der Waals surface area contributed by atoms with Crippen LogP contribution >= 0.6 is 0 Å². The van der Waals surface area contributed by atoms with Gasteiger partial charge in [0.2, 0.25) is 0 Å². The standard InChI is InChI=1S/C24H20FN3O/c1-16-11-13-18(14-12-16)21-15-23(26-24(29)19-8-4-5-9-20(19)25)28(27-21)22-10-6-3-7-17(22)2/h3-15H,1-2H3,(H,26,29). The molecule has 144 valence electrons. The summed E-state index contributed by atoms with van der Waals surface area (Å²) in [5, 5.41) is 7.53. The van der Waals surface area contributed by atoms with Crippen molar-refractivity contribution in [2.75, 3.05) is 5.32 Å². The Morgan fingerprint density at radius 2 is 1.62 bits per heavy atom. The Morgan fingerprint density at radius 1 is 0.931 bits per heavy atom. The second kappa shape index (κ2) is 7.72. The summed E-state index contributed by atoms with van der Waals surface area (Å²) in [5.41, 5.74) is 4.64. The van der Waals surface area contributed by atoms with Crippen LogP contribution in [0.15, 0.2) is 78.9 Å². The van der Waals surface area contributed by atoms with E-state index in [0.29, 0.717) is 5.82 Å². The van der Waals surface area contributed by atoms with Crippen molar-refractivity contribution < 1.29 is 9.18 Å². The summed E-state index contributed by atoms with van der Waals surface area (Å²) in [7, 11) is 0. The third-order valence-corrected chi connectivity index (χ3v) is 4.76. The van der Waals surface area contributed by atoms with E-state index >= 15 is 0 Å². The van der Waals surface area contributed by atoms with Gasteiger partial charge in [0.25, 0.3) is 5.91 Å². The van der Waals surface area contributed by atoms with Crippen LogP contribution in [0.5, 0.6) is 0 Å². The quantitative estimate of drug-likeness (QED) is 0.501. The number of nitrogens with one attached hydrogen (secondary N) is 1. The average molecular weight is 385 g/mol. The van der Waals surface area contributed by atoms with Gasteiger partial charge in [-0.15, -0.1) is 0 Å². The van der Waals surface area contributed by atoms with Gasteiger partial charge in [-0.1, -0.05) is 60.2 Å². The molecule has 1 heterocycles. The SMILES string of the molecule is Cc1ccc(-c2cc(NC(=O)c3ccccc3F)n(-c3ccccc3C)n2)cc1. The summed E-state index contributed by atoms with van der Waals surface area (Å²) < 4.78 is 15.7. The number of hydrogen-bond acceptors (Lipinski definition) is 2. The minimum absolute atomic E-state index is 0.0121. The number of aromatic nitrogens is 2. The lowest BCUT2D eigenvalue weighted by molar-refractivity contribution is 0.102. The number of anilines is 1. The highest BCUT2D eigenvalue weighted by Crippen LogP contribution is 2.27. The van der Waals surface area contributed by atoms with Crippen LogP contribution in [0.2, 0.25) is 0 Å². The second-order valence-electron chi connectivity index (χ2n) is 6.91. The first-order chi connectivity index (χ1) is 14.0. The lowest BCUT2D eigenvalue weighted by Crippen LogP contribution is -2.16. The van der Waals surface area contributed by atoms with Crippen LogP contribution in [0.25, 0.3) is 16.9 Å². The fraction of sp³-hybridized carbons (Fsp3) is 0.0833. The van der Waals surface area contributed by atoms with E-state index in [2.05, 4.69) is 5.32 Å². The van der Waals surface area contributed by atoms with E-state index < -0.39 is 11.7 Å². The molecule has 4 nitrogen and oxygen atoms in total. The Kier molecular flexibility index (Phi) is 4.96. The number of amides is 1. The van der Waals surface area contributed by atoms with Gasteiger partial charge in [0, 0.05) is 11.6 Å². The lowest BCUT2D eigenvalue weighted by Gasteiger charge is -2.11. The third kappa shape index (κ3) is 3.80. The number of halogens is 1. The summed E-state index contributed by atoms with van der Waals surface area (Å²) in [6.07, 6.45) is 0. The fourth-order valence-electron chi connectivity index (χ4n) is 3.15. The number of rotatable bonds is 4. The van der Waals surface area contributed by atoms with E-state index in [1.807, 2.05) is 62.4 Å². The Hall–Kier alpha value is -3.73. The van der Waals surface area contributed by atoms with Gasteiger partial charge in [-0.25, -0.2) is 9.07 Å². The summed E-state index contributed by atoms with van der Waals surface area (Å²) in [6.45, 7) is 4.00. The van der Waals surface area contributed by atoms with Crippen LogP contribution in [0.3, 0.4) is 0 Å². The molecule has 1 aromatic heterocycles. The van der Waals surface area contributed by atoms with E-state index in [9.17, 15) is 9.18 Å². The topological polar surface area (TPSA) is 46.9 Å². The molecule has 0 aliphatic rings. The lowest BCUT2D eigenvalue weighted by atomic mass is 10.1. The number of hydrogen-bond donors (Lipinski definition) is 1. The summed E-state index contributed by atoms with van der Waals surface area (Å²) in [4.78, 5) is 12.7. The normalized spacial score (nSPS) is 10.7. The second-order valence-corrected chi connectivity index (χ2v) is 6.91. The maximum absolute atomic E-state index is 14.1. The smallest absolute Gasteiger partial charge is 0.259 e. The molecule has 1 amide bonds. The fourth-order valence-corrected chi connectivity index (χ4v) is 3.15. The van der Waals surface area contributed by atoms with Crippen LogP contribution < -0.4 is 5.32 Å². The van der Waals surface area contributed by atoms with Gasteiger partial charge in [-0.2, -0.15) is 5.10 Å². The first-order valence-corrected chi connectivity index (χ1v) is 9.32. The van der Waals surface area contributed by atoms with Gasteiger partial charge in [-0.05, 0) is 37.6 Å². The molecule has 3 aromatic carbocycles. The first kappa shape index (κ1) is 18.6. The van der Waals surface area contributed by atoms with Crippen LogP contribution in [0, 0.1) is 19.7 Å². The van der Waals surface area contributed by atoms with Crippen molar-refractivity contribution in [2.24, 2.45) is 0 Å². The number of benzene rings is 3. The zero-order valence-corrected chi connectivity index (χ0v) is 16.2. The Morgan fingerprint density at radius 3 is 2.34 bits per heavy atom. The van der Waals surface area contributed by atoms with Crippen molar-refractivity contribution in [1.29, 1.82) is 0 Å². The molecule has 0 spiro atoms. The molecule has 0 unspecified atom stereocenters. The molecule has 4 rings (SSSR count). The van der Waals surface area contributed by atoms with Gasteiger partial charge in [0.05, 0.1) is 16.9 Å². The number of carbonyl (C=O) groups excluding carboxylic acids is 1. The van der Waals surface area contributed by atoms with E-state index in [4.69, 9.17) is 5.10 Å². The summed E-state index contributed by atoms with van der Waals surface area (Å²) >= 11 is 0. The minimum Gasteiger partial charge on any atom is -0.306 e. The highest BCUT2D eigenvalue weighted by molar-refractivity contribution is 6.04. The third-order valence-electron chi connectivity index (χ3n) is 4.76. The molecule has 0 atom stereocenters. The molecule has 0 radical (unpaired) electrons. The van der Waals surface area contributed by atoms with E-state index in [1.54, 1.807) is 22.9 Å². The Bertz CT molecular complexity index is 1180. The van der Waals surface area contributed by atoms with Crippen molar-refractivity contribution in [1.82, 2.24) is 9.78 Å². The molecule has 0 saturated carbocycles. The molecular weight excluding hydrogens is 365 g/mol. The zero-order valence-electron chi connectivity index (χ0n) is 16.2. The first-order valence-electron chi connectivity index (χ1n) is 9.32. The van der Waals surface area contributed by atoms with E-state index in [-0.39, 0.29) is 5.56 Å². The van der Waals surface area contributed by atoms with Gasteiger partial charge >= 0.3 is 0 Å². The molecule has 4 aromatic rings. The predicted molar refractivity (Wildman–Crippen MR) is 113 cm³/mol. The van der Waals surface area contributed by atoms with Crippen molar-refractivity contribution in [3.63, 3.8) is 0 Å². The van der Waals surface area contributed by atoms with E-state index in [0.717, 1.165) is 28.1 Å². The Balaban J connectivity index is 1.79. The number of carbonyl (C=O) groups is 1. The molecular formula is C24H20FN3O. The van der Waals surface area contributed by atoms with Crippen LogP contribution in [-0.4, -0.2) is 15.7 Å². The van der Waals surface area contributed by atoms with Gasteiger partial charge in [-0.3, -0.25) is 4.79 Å². The van der Waals surface area contributed by atoms with Gasteiger partial charge < -0.3 is 5.32 Å². The van der Waals surface area contributed by atoms with Gasteiger partial charge in [0.15, 0.2) is 0 Å². The maximum Gasteiger partial charge on any atom is 0.259 e. The monoisotopic (exact) mass is 385 g/mol. The highest BCUT2D eigenvalue weighted by Gasteiger charge is 2.17. The molecule has 0 saturated heterocycles. The van der Waals surface area contributed by atoms with Crippen LogP contribution in [0.4, 0.5) is 10.2 Å². The van der Waals surface area contributed by atoms with Gasteiger partial charge in [0.1, 0.15) is 11.6 Å². The van der Waals surface area contributed by atoms with Crippen LogP contribution in [0.1, 0.15) is 21.5 Å². The number of para-hydroxylation sites is 1. The van der Waals surface area contributed by atoms with Crippen molar-refractivity contribution in [3.8, 4) is 16.9 Å². The molecule has 5 heteroatoms. The van der Waals surface area contributed by atoms with Crippen molar-refractivity contribution >= 4 is 11.7 Å². The van der Waals surface area contributed by atoms with Crippen molar-refractivity contribution in [2.45, 2.75) is 13.8 Å². The van der Waals surface area contributed by atoms with E-state index in [1.165, 1.54) is 12.1 Å². The summed E-state index contributed by atoms with van der Waals surface area (Å²) in [5.74, 6) is -0.609.